The predicted octanol–water partition coefficient (Wildman–Crippen LogP) is 2.28. The fraction of sp³-hybridized carbons (Fsp3) is 0.750. The molecule has 0 aromatic carbocycles. The first-order valence-corrected chi connectivity index (χ1v) is 7.10. The number of hydrogen-bond acceptors (Lipinski definition) is 3. The highest BCUT2D eigenvalue weighted by Gasteiger charge is 2.23. The summed E-state index contributed by atoms with van der Waals surface area (Å²) in [7, 11) is 0. The van der Waals surface area contributed by atoms with Crippen LogP contribution in [0.5, 0.6) is 0 Å². The molecular weight excluding hydrogens is 222 g/mol. The number of thioether (sulfide) groups is 1. The van der Waals surface area contributed by atoms with Crippen LogP contribution in [0.25, 0.3) is 0 Å². The summed E-state index contributed by atoms with van der Waals surface area (Å²) in [6.45, 7) is 2.30. The lowest BCUT2D eigenvalue weighted by atomic mass is 9.95. The van der Waals surface area contributed by atoms with Gasteiger partial charge >= 0.3 is 5.97 Å². The van der Waals surface area contributed by atoms with E-state index in [0.717, 1.165) is 0 Å². The molecule has 4 heteroatoms. The molecule has 1 saturated carbocycles. The van der Waals surface area contributed by atoms with Crippen LogP contribution < -0.4 is 5.32 Å². The van der Waals surface area contributed by atoms with E-state index in [9.17, 15) is 4.79 Å². The third-order valence-corrected chi connectivity index (χ3v) is 4.30. The van der Waals surface area contributed by atoms with Crippen LogP contribution in [-0.4, -0.2) is 35.2 Å². The summed E-state index contributed by atoms with van der Waals surface area (Å²) in [5.74, 6) is -0.827. The van der Waals surface area contributed by atoms with E-state index in [1.54, 1.807) is 13.0 Å². The number of carbonyl (C=O) groups is 1. The number of nitrogens with one attached hydrogen (secondary N) is 1. The minimum absolute atomic E-state index is 0.420. The van der Waals surface area contributed by atoms with Crippen LogP contribution in [0, 0.1) is 0 Å². The molecule has 0 heterocycles. The van der Waals surface area contributed by atoms with Gasteiger partial charge in [0, 0.05) is 23.4 Å². The molecule has 92 valence electrons. The Labute approximate surface area is 102 Å². The van der Waals surface area contributed by atoms with Crippen LogP contribution in [0.2, 0.25) is 0 Å². The molecule has 0 saturated heterocycles. The molecule has 1 fully saturated rings. The Hall–Kier alpha value is -0.480. The molecule has 2 atom stereocenters. The van der Waals surface area contributed by atoms with Crippen molar-refractivity contribution in [1.29, 1.82) is 0 Å². The highest BCUT2D eigenvalue weighted by Crippen LogP contribution is 2.26. The monoisotopic (exact) mass is 243 g/mol. The van der Waals surface area contributed by atoms with Gasteiger partial charge in [-0.1, -0.05) is 18.9 Å². The highest BCUT2D eigenvalue weighted by molar-refractivity contribution is 7.99. The predicted molar refractivity (Wildman–Crippen MR) is 69.0 cm³/mol. The fourth-order valence-corrected chi connectivity index (χ4v) is 3.03. The average Bonchev–Trinajstić information content (AvgIpc) is 2.29. The Kier molecular flexibility index (Phi) is 5.91. The van der Waals surface area contributed by atoms with Gasteiger partial charge in [0.2, 0.25) is 0 Å². The quantitative estimate of drug-likeness (QED) is 0.727. The van der Waals surface area contributed by atoms with Gasteiger partial charge in [-0.3, -0.25) is 0 Å². The summed E-state index contributed by atoms with van der Waals surface area (Å²) in [4.78, 5) is 10.6. The molecule has 0 spiro atoms. The second-order valence-corrected chi connectivity index (χ2v) is 5.34. The average molecular weight is 243 g/mol. The van der Waals surface area contributed by atoms with Gasteiger partial charge in [-0.05, 0) is 26.0 Å². The smallest absolute Gasteiger partial charge is 0.330 e. The van der Waals surface area contributed by atoms with Crippen LogP contribution in [0.1, 0.15) is 32.6 Å². The Morgan fingerprint density at radius 1 is 1.50 bits per heavy atom. The van der Waals surface area contributed by atoms with Crippen molar-refractivity contribution in [2.24, 2.45) is 0 Å². The number of rotatable bonds is 5. The standard InChI is InChI=1S/C12H21NO2S/c1-9(12(14)15)7-8-13-10-5-3-4-6-11(10)16-2/h7,10-11,13H,3-6,8H2,1-2H3,(H,14,15)/b9-7-. The minimum Gasteiger partial charge on any atom is -0.478 e. The SMILES string of the molecule is CSC1CCCCC1NC/C=C(/C)C(=O)O. The number of aliphatic carboxylic acids is 1. The zero-order chi connectivity index (χ0) is 12.0. The van der Waals surface area contributed by atoms with Crippen LogP contribution >= 0.6 is 11.8 Å². The maximum absolute atomic E-state index is 10.6. The van der Waals surface area contributed by atoms with Gasteiger partial charge in [-0.25, -0.2) is 4.79 Å². The molecule has 1 aliphatic carbocycles. The van der Waals surface area contributed by atoms with E-state index in [1.165, 1.54) is 25.7 Å². The van der Waals surface area contributed by atoms with E-state index in [2.05, 4.69) is 11.6 Å². The molecule has 3 nitrogen and oxygen atoms in total. The van der Waals surface area contributed by atoms with Crippen molar-refractivity contribution in [1.82, 2.24) is 5.32 Å². The van der Waals surface area contributed by atoms with Crippen molar-refractivity contribution < 1.29 is 9.90 Å². The summed E-state index contributed by atoms with van der Waals surface area (Å²) < 4.78 is 0. The number of hydrogen-bond donors (Lipinski definition) is 2. The minimum atomic E-state index is -0.827. The summed E-state index contributed by atoms with van der Waals surface area (Å²) in [6.07, 6.45) is 9.02. The van der Waals surface area contributed by atoms with E-state index >= 15 is 0 Å². The number of carboxylic acids is 1. The molecule has 0 bridgehead atoms. The molecule has 0 aromatic heterocycles. The summed E-state index contributed by atoms with van der Waals surface area (Å²) >= 11 is 1.92. The van der Waals surface area contributed by atoms with Gasteiger partial charge < -0.3 is 10.4 Å². The van der Waals surface area contributed by atoms with Crippen molar-refractivity contribution in [3.05, 3.63) is 11.6 Å². The van der Waals surface area contributed by atoms with Crippen molar-refractivity contribution >= 4 is 17.7 Å². The lowest BCUT2D eigenvalue weighted by Gasteiger charge is -2.30. The van der Waals surface area contributed by atoms with Crippen LogP contribution in [0.3, 0.4) is 0 Å². The molecule has 2 N–H and O–H groups in total. The van der Waals surface area contributed by atoms with Gasteiger partial charge in [0.15, 0.2) is 0 Å². The van der Waals surface area contributed by atoms with Gasteiger partial charge in [0.1, 0.15) is 0 Å². The zero-order valence-electron chi connectivity index (χ0n) is 10.0. The lowest BCUT2D eigenvalue weighted by molar-refractivity contribution is -0.132. The van der Waals surface area contributed by atoms with Gasteiger partial charge in [0.05, 0.1) is 0 Å². The topological polar surface area (TPSA) is 49.3 Å². The normalized spacial score (nSPS) is 26.8. The third kappa shape index (κ3) is 4.18. The van der Waals surface area contributed by atoms with Gasteiger partial charge in [0.25, 0.3) is 0 Å². The summed E-state index contributed by atoms with van der Waals surface area (Å²) in [6, 6.07) is 0.543. The van der Waals surface area contributed by atoms with Crippen LogP contribution in [0.15, 0.2) is 11.6 Å². The first-order chi connectivity index (χ1) is 7.65. The first-order valence-electron chi connectivity index (χ1n) is 5.81. The molecule has 0 radical (unpaired) electrons. The van der Waals surface area contributed by atoms with Gasteiger partial charge in [-0.15, -0.1) is 0 Å². The molecule has 0 aromatic rings. The summed E-state index contributed by atoms with van der Waals surface area (Å²) in [5.41, 5.74) is 0.420. The number of carboxylic acid groups (broad SMARTS) is 1. The van der Waals surface area contributed by atoms with E-state index in [1.807, 2.05) is 11.8 Å². The Balaban J connectivity index is 2.35. The second-order valence-electron chi connectivity index (χ2n) is 4.27. The van der Waals surface area contributed by atoms with E-state index in [0.29, 0.717) is 23.4 Å². The van der Waals surface area contributed by atoms with Crippen LogP contribution in [-0.2, 0) is 4.79 Å². The molecule has 0 amide bonds. The maximum atomic E-state index is 10.6. The molecule has 2 unspecified atom stereocenters. The largest absolute Gasteiger partial charge is 0.478 e. The Morgan fingerprint density at radius 3 is 2.81 bits per heavy atom. The van der Waals surface area contributed by atoms with Crippen molar-refractivity contribution in [2.75, 3.05) is 12.8 Å². The highest BCUT2D eigenvalue weighted by atomic mass is 32.2. The van der Waals surface area contributed by atoms with Crippen molar-refractivity contribution in [2.45, 2.75) is 43.9 Å². The van der Waals surface area contributed by atoms with E-state index in [-0.39, 0.29) is 0 Å². The van der Waals surface area contributed by atoms with E-state index in [4.69, 9.17) is 5.11 Å². The zero-order valence-corrected chi connectivity index (χ0v) is 10.8. The lowest BCUT2D eigenvalue weighted by Crippen LogP contribution is -2.40. The van der Waals surface area contributed by atoms with Gasteiger partial charge in [-0.2, -0.15) is 11.8 Å². The molecule has 16 heavy (non-hydrogen) atoms. The van der Waals surface area contributed by atoms with Crippen LogP contribution in [0.4, 0.5) is 0 Å². The Morgan fingerprint density at radius 2 is 2.19 bits per heavy atom. The molecule has 0 aliphatic heterocycles. The molecule has 1 rings (SSSR count). The van der Waals surface area contributed by atoms with E-state index < -0.39 is 5.97 Å². The molecular formula is C12H21NO2S. The van der Waals surface area contributed by atoms with Crippen molar-refractivity contribution in [3.63, 3.8) is 0 Å². The molecule has 1 aliphatic rings. The second kappa shape index (κ2) is 6.97. The first kappa shape index (κ1) is 13.6. The summed E-state index contributed by atoms with van der Waals surface area (Å²) in [5, 5.41) is 12.9. The maximum Gasteiger partial charge on any atom is 0.330 e. The Bertz CT molecular complexity index is 266. The fourth-order valence-electron chi connectivity index (χ4n) is 2.06. The third-order valence-electron chi connectivity index (χ3n) is 3.13. The van der Waals surface area contributed by atoms with Crippen molar-refractivity contribution in [3.8, 4) is 0 Å².